The quantitative estimate of drug-likeness (QED) is 0.597. The van der Waals surface area contributed by atoms with Crippen LogP contribution in [0.25, 0.3) is 5.69 Å². The molecular formula is C19H22N6O2. The highest BCUT2D eigenvalue weighted by Crippen LogP contribution is 2.16. The Bertz CT molecular complexity index is 848. The van der Waals surface area contributed by atoms with Gasteiger partial charge in [-0.1, -0.05) is 18.6 Å². The van der Waals surface area contributed by atoms with Gasteiger partial charge in [-0.2, -0.15) is 0 Å². The lowest BCUT2D eigenvalue weighted by Gasteiger charge is -2.08. The smallest absolute Gasteiger partial charge is 0.319 e. The highest BCUT2D eigenvalue weighted by Gasteiger charge is 2.06. The zero-order valence-electron chi connectivity index (χ0n) is 15.1. The van der Waals surface area contributed by atoms with Gasteiger partial charge in [0.1, 0.15) is 11.4 Å². The van der Waals surface area contributed by atoms with Gasteiger partial charge in [-0.05, 0) is 42.8 Å². The van der Waals surface area contributed by atoms with Crippen LogP contribution in [0, 0.1) is 0 Å². The Kier molecular flexibility index (Phi) is 6.35. The average Bonchev–Trinajstić information content (AvgIpc) is 3.18. The lowest BCUT2D eigenvalue weighted by Crippen LogP contribution is -2.28. The Morgan fingerprint density at radius 1 is 1.15 bits per heavy atom. The summed E-state index contributed by atoms with van der Waals surface area (Å²) in [5.74, 6) is 0.794. The van der Waals surface area contributed by atoms with E-state index < -0.39 is 0 Å². The first-order chi connectivity index (χ1) is 13.2. The Balaban J connectivity index is 1.46. The molecule has 0 aliphatic rings. The minimum atomic E-state index is -0.312. The topological polar surface area (TPSA) is 94.0 Å². The second-order valence-corrected chi connectivity index (χ2v) is 5.89. The highest BCUT2D eigenvalue weighted by molar-refractivity contribution is 5.89. The molecule has 140 valence electrons. The molecule has 0 atom stereocenters. The average molecular weight is 366 g/mol. The van der Waals surface area contributed by atoms with Gasteiger partial charge in [0.05, 0.1) is 25.0 Å². The number of carbonyl (C=O) groups excluding carboxylic acids is 1. The molecule has 0 saturated heterocycles. The molecule has 2 aromatic heterocycles. The number of rotatable bonds is 8. The lowest BCUT2D eigenvalue weighted by atomic mass is 10.3. The number of pyridine rings is 1. The first kappa shape index (κ1) is 18.4. The third kappa shape index (κ3) is 5.53. The molecule has 27 heavy (non-hydrogen) atoms. The zero-order valence-corrected chi connectivity index (χ0v) is 15.1. The van der Waals surface area contributed by atoms with Crippen LogP contribution < -0.4 is 15.4 Å². The monoisotopic (exact) mass is 366 g/mol. The number of amides is 2. The number of anilines is 1. The Hall–Kier alpha value is -3.42. The largest absolute Gasteiger partial charge is 0.494 e. The van der Waals surface area contributed by atoms with Crippen LogP contribution in [-0.4, -0.2) is 32.6 Å². The maximum atomic E-state index is 12.0. The summed E-state index contributed by atoms with van der Waals surface area (Å²) < 4.78 is 7.23. The van der Waals surface area contributed by atoms with Crippen molar-refractivity contribution in [3.05, 3.63) is 60.7 Å². The molecule has 0 fully saturated rings. The molecule has 0 bridgehead atoms. The van der Waals surface area contributed by atoms with Crippen molar-refractivity contribution >= 4 is 11.7 Å². The summed E-state index contributed by atoms with van der Waals surface area (Å²) in [7, 11) is 0. The number of carbonyl (C=O) groups is 1. The van der Waals surface area contributed by atoms with Crippen molar-refractivity contribution in [1.29, 1.82) is 0 Å². The predicted octanol–water partition coefficient (Wildman–Crippen LogP) is 3.16. The molecule has 2 heterocycles. The number of benzene rings is 1. The van der Waals surface area contributed by atoms with E-state index in [1.165, 1.54) is 0 Å². The van der Waals surface area contributed by atoms with Gasteiger partial charge in [0.2, 0.25) is 0 Å². The van der Waals surface area contributed by atoms with Crippen molar-refractivity contribution in [1.82, 2.24) is 25.3 Å². The fraction of sp³-hybridized carbons (Fsp3) is 0.263. The van der Waals surface area contributed by atoms with Crippen LogP contribution in [0.15, 0.2) is 55.0 Å². The number of urea groups is 1. The molecule has 0 aliphatic heterocycles. The van der Waals surface area contributed by atoms with Gasteiger partial charge in [0, 0.05) is 18.1 Å². The second kappa shape index (κ2) is 9.33. The van der Waals surface area contributed by atoms with Crippen LogP contribution in [0.4, 0.5) is 10.5 Å². The molecule has 3 aromatic rings. The van der Waals surface area contributed by atoms with Gasteiger partial charge in [-0.15, -0.1) is 5.10 Å². The Morgan fingerprint density at radius 3 is 2.67 bits per heavy atom. The molecule has 1 aromatic carbocycles. The van der Waals surface area contributed by atoms with Crippen molar-refractivity contribution < 1.29 is 9.53 Å². The highest BCUT2D eigenvalue weighted by atomic mass is 16.5. The number of hydrogen-bond acceptors (Lipinski definition) is 5. The summed E-state index contributed by atoms with van der Waals surface area (Å²) in [6.07, 6.45) is 7.24. The van der Waals surface area contributed by atoms with E-state index >= 15 is 0 Å². The van der Waals surface area contributed by atoms with E-state index in [-0.39, 0.29) is 12.6 Å². The minimum absolute atomic E-state index is 0.273. The van der Waals surface area contributed by atoms with Crippen LogP contribution in [0.3, 0.4) is 0 Å². The van der Waals surface area contributed by atoms with E-state index in [1.54, 1.807) is 35.4 Å². The minimum Gasteiger partial charge on any atom is -0.494 e. The summed E-state index contributed by atoms with van der Waals surface area (Å²) in [5, 5.41) is 13.6. The summed E-state index contributed by atoms with van der Waals surface area (Å²) in [6.45, 7) is 3.09. The molecule has 3 rings (SSSR count). The Morgan fingerprint density at radius 2 is 1.93 bits per heavy atom. The predicted molar refractivity (Wildman–Crippen MR) is 102 cm³/mol. The molecule has 0 spiro atoms. The first-order valence-corrected chi connectivity index (χ1v) is 8.84. The molecule has 8 nitrogen and oxygen atoms in total. The maximum absolute atomic E-state index is 12.0. The molecule has 2 amide bonds. The molecule has 8 heteroatoms. The van der Waals surface area contributed by atoms with Gasteiger partial charge in [-0.25, -0.2) is 9.48 Å². The van der Waals surface area contributed by atoms with Crippen LogP contribution >= 0.6 is 0 Å². The summed E-state index contributed by atoms with van der Waals surface area (Å²) in [6, 6.07) is 10.6. The van der Waals surface area contributed by atoms with Crippen LogP contribution in [0.1, 0.15) is 25.5 Å². The standard InChI is InChI=1S/C19H22N6O2/c1-2-3-12-27-18-6-4-15(5-7-18)22-19(26)21-13-16-14-25(24-23-16)17-8-10-20-11-9-17/h4-11,14H,2-3,12-13H2,1H3,(H2,21,22,26). The van der Waals surface area contributed by atoms with Gasteiger partial charge in [0.25, 0.3) is 0 Å². The van der Waals surface area contributed by atoms with Crippen molar-refractivity contribution in [2.24, 2.45) is 0 Å². The third-order valence-corrected chi connectivity index (χ3v) is 3.78. The second-order valence-electron chi connectivity index (χ2n) is 5.89. The molecule has 0 unspecified atom stereocenters. The van der Waals surface area contributed by atoms with E-state index in [4.69, 9.17) is 4.74 Å². The third-order valence-electron chi connectivity index (χ3n) is 3.78. The SMILES string of the molecule is CCCCOc1ccc(NC(=O)NCc2cn(-c3ccncc3)nn2)cc1. The van der Waals surface area contributed by atoms with E-state index in [1.807, 2.05) is 24.3 Å². The van der Waals surface area contributed by atoms with Crippen LogP contribution in [-0.2, 0) is 6.54 Å². The molecule has 0 saturated carbocycles. The zero-order chi connectivity index (χ0) is 18.9. The number of aromatic nitrogens is 4. The van der Waals surface area contributed by atoms with Gasteiger partial charge < -0.3 is 15.4 Å². The number of nitrogens with zero attached hydrogens (tertiary/aromatic N) is 4. The maximum Gasteiger partial charge on any atom is 0.319 e. The van der Waals surface area contributed by atoms with Crippen molar-refractivity contribution in [2.75, 3.05) is 11.9 Å². The van der Waals surface area contributed by atoms with E-state index in [9.17, 15) is 4.79 Å². The summed E-state index contributed by atoms with van der Waals surface area (Å²) >= 11 is 0. The molecule has 0 radical (unpaired) electrons. The molecular weight excluding hydrogens is 344 g/mol. The van der Waals surface area contributed by atoms with Crippen molar-refractivity contribution in [3.63, 3.8) is 0 Å². The number of nitrogens with one attached hydrogen (secondary N) is 2. The van der Waals surface area contributed by atoms with Crippen LogP contribution in [0.2, 0.25) is 0 Å². The van der Waals surface area contributed by atoms with Gasteiger partial charge in [-0.3, -0.25) is 4.98 Å². The van der Waals surface area contributed by atoms with E-state index in [0.29, 0.717) is 18.0 Å². The number of unbranched alkanes of at least 4 members (excludes halogenated alkanes) is 1. The fourth-order valence-electron chi connectivity index (χ4n) is 2.32. The van der Waals surface area contributed by atoms with Crippen molar-refractivity contribution in [2.45, 2.75) is 26.3 Å². The summed E-state index contributed by atoms with van der Waals surface area (Å²) in [5.41, 5.74) is 2.20. The van der Waals surface area contributed by atoms with E-state index in [2.05, 4.69) is 32.9 Å². The number of hydrogen-bond donors (Lipinski definition) is 2. The van der Waals surface area contributed by atoms with Crippen LogP contribution in [0.5, 0.6) is 5.75 Å². The summed E-state index contributed by atoms with van der Waals surface area (Å²) in [4.78, 5) is 16.0. The van der Waals surface area contributed by atoms with Gasteiger partial charge >= 0.3 is 6.03 Å². The molecule has 0 aliphatic carbocycles. The number of ether oxygens (including phenoxy) is 1. The van der Waals surface area contributed by atoms with E-state index in [0.717, 1.165) is 24.3 Å². The molecule has 2 N–H and O–H groups in total. The first-order valence-electron chi connectivity index (χ1n) is 8.84. The normalized spacial score (nSPS) is 10.4. The van der Waals surface area contributed by atoms with Gasteiger partial charge in [0.15, 0.2) is 0 Å². The Labute approximate surface area is 157 Å². The fourth-order valence-corrected chi connectivity index (χ4v) is 2.32. The lowest BCUT2D eigenvalue weighted by molar-refractivity contribution is 0.251. The van der Waals surface area contributed by atoms with Crippen molar-refractivity contribution in [3.8, 4) is 11.4 Å².